The number of anilines is 1. The molecule has 0 atom stereocenters. The van der Waals surface area contributed by atoms with Crippen molar-refractivity contribution in [2.24, 2.45) is 0 Å². The van der Waals surface area contributed by atoms with Crippen LogP contribution in [-0.4, -0.2) is 4.98 Å². The van der Waals surface area contributed by atoms with Crippen molar-refractivity contribution in [1.29, 1.82) is 0 Å². The maximum absolute atomic E-state index is 6.81. The zero-order chi connectivity index (χ0) is 29.1. The molecule has 41 heavy (non-hydrogen) atoms. The third kappa shape index (κ3) is 5.98. The standard InChI is InChI=1S/C39H42N2/c1-7-27-11-14-35(29(9-3)20-27)38-23-33(24-39(41-38)36-15-12-28(8-2)21-30(36)10-4)34-16-13-31(22-37(34)40)32-18-25(5)17-26(6)19-32/h11-24H,7-10,40H2,1-6H3. The molecular weight excluding hydrogens is 496 g/mol. The molecule has 0 radical (unpaired) electrons. The van der Waals surface area contributed by atoms with Crippen molar-refractivity contribution in [2.45, 2.75) is 67.2 Å². The van der Waals surface area contributed by atoms with E-state index in [1.807, 2.05) is 0 Å². The third-order valence-electron chi connectivity index (χ3n) is 8.21. The van der Waals surface area contributed by atoms with Crippen LogP contribution in [0.2, 0.25) is 0 Å². The van der Waals surface area contributed by atoms with Crippen molar-refractivity contribution in [1.82, 2.24) is 4.98 Å². The Labute approximate surface area is 246 Å². The average Bonchev–Trinajstić information content (AvgIpc) is 2.99. The summed E-state index contributed by atoms with van der Waals surface area (Å²) in [5.74, 6) is 0. The molecular formula is C39H42N2. The van der Waals surface area contributed by atoms with Gasteiger partial charge in [-0.05, 0) is 96.7 Å². The Balaban J connectivity index is 1.70. The van der Waals surface area contributed by atoms with Crippen molar-refractivity contribution in [3.05, 3.63) is 118 Å². The monoisotopic (exact) mass is 538 g/mol. The lowest BCUT2D eigenvalue weighted by Gasteiger charge is -2.17. The van der Waals surface area contributed by atoms with Crippen molar-refractivity contribution in [3.63, 3.8) is 0 Å². The Morgan fingerprint density at radius 2 is 1.00 bits per heavy atom. The second-order valence-corrected chi connectivity index (χ2v) is 11.2. The largest absolute Gasteiger partial charge is 0.398 e. The number of rotatable bonds is 8. The van der Waals surface area contributed by atoms with E-state index in [9.17, 15) is 0 Å². The number of aryl methyl sites for hydroxylation is 6. The van der Waals surface area contributed by atoms with Gasteiger partial charge in [-0.3, -0.25) is 0 Å². The average molecular weight is 539 g/mol. The summed E-state index contributed by atoms with van der Waals surface area (Å²) in [5, 5.41) is 0. The van der Waals surface area contributed by atoms with Gasteiger partial charge in [-0.1, -0.05) is 106 Å². The van der Waals surface area contributed by atoms with Crippen molar-refractivity contribution < 1.29 is 0 Å². The first-order chi connectivity index (χ1) is 19.8. The molecule has 0 aliphatic heterocycles. The molecule has 0 aliphatic rings. The van der Waals surface area contributed by atoms with Crippen molar-refractivity contribution in [3.8, 4) is 44.8 Å². The molecule has 2 heteroatoms. The summed E-state index contributed by atoms with van der Waals surface area (Å²) in [7, 11) is 0. The van der Waals surface area contributed by atoms with Crippen molar-refractivity contribution in [2.75, 3.05) is 5.73 Å². The Morgan fingerprint density at radius 3 is 1.46 bits per heavy atom. The number of pyridine rings is 1. The first-order valence-electron chi connectivity index (χ1n) is 15.1. The van der Waals surface area contributed by atoms with Gasteiger partial charge < -0.3 is 5.73 Å². The van der Waals surface area contributed by atoms with Gasteiger partial charge in [0.2, 0.25) is 0 Å². The summed E-state index contributed by atoms with van der Waals surface area (Å²) in [6.45, 7) is 13.2. The molecule has 2 nitrogen and oxygen atoms in total. The number of nitrogens with two attached hydrogens (primary N) is 1. The lowest BCUT2D eigenvalue weighted by Crippen LogP contribution is -1.99. The smallest absolute Gasteiger partial charge is 0.0718 e. The van der Waals surface area contributed by atoms with Crippen LogP contribution in [0.4, 0.5) is 5.69 Å². The van der Waals surface area contributed by atoms with E-state index in [0.717, 1.165) is 59.4 Å². The number of aromatic nitrogens is 1. The van der Waals surface area contributed by atoms with Gasteiger partial charge in [0.1, 0.15) is 0 Å². The van der Waals surface area contributed by atoms with E-state index < -0.39 is 0 Å². The van der Waals surface area contributed by atoms with Crippen molar-refractivity contribution >= 4 is 5.69 Å². The Bertz CT molecular complexity index is 1620. The summed E-state index contributed by atoms with van der Waals surface area (Å²) in [4.78, 5) is 5.30. The fourth-order valence-corrected chi connectivity index (χ4v) is 5.93. The predicted octanol–water partition coefficient (Wildman–Crippen LogP) is 10.2. The second kappa shape index (κ2) is 12.1. The minimum absolute atomic E-state index is 0.777. The molecule has 5 rings (SSSR count). The lowest BCUT2D eigenvalue weighted by atomic mass is 9.92. The van der Waals surface area contributed by atoms with Crippen LogP contribution in [0.5, 0.6) is 0 Å². The van der Waals surface area contributed by atoms with E-state index in [1.54, 1.807) is 0 Å². The molecule has 1 aromatic heterocycles. The van der Waals surface area contributed by atoms with Gasteiger partial charge in [0.25, 0.3) is 0 Å². The highest BCUT2D eigenvalue weighted by atomic mass is 14.7. The van der Waals surface area contributed by atoms with E-state index in [2.05, 4.69) is 126 Å². The Kier molecular flexibility index (Phi) is 8.40. The van der Waals surface area contributed by atoms with E-state index in [-0.39, 0.29) is 0 Å². The summed E-state index contributed by atoms with van der Waals surface area (Å²) >= 11 is 0. The van der Waals surface area contributed by atoms with Crippen LogP contribution in [0, 0.1) is 13.8 Å². The number of benzene rings is 4. The molecule has 4 aromatic carbocycles. The highest BCUT2D eigenvalue weighted by molar-refractivity contribution is 5.86. The molecule has 0 fully saturated rings. The third-order valence-corrected chi connectivity index (χ3v) is 8.21. The SMILES string of the molecule is CCc1ccc(-c2cc(-c3ccc(-c4cc(C)cc(C)c4)cc3N)cc(-c3ccc(CC)cc3CC)n2)c(CC)c1. The maximum Gasteiger partial charge on any atom is 0.0718 e. The normalized spacial score (nSPS) is 11.2. The van der Waals surface area contributed by atoms with E-state index in [1.165, 1.54) is 50.1 Å². The summed E-state index contributed by atoms with van der Waals surface area (Å²) in [5.41, 5.74) is 24.3. The van der Waals surface area contributed by atoms with Crippen LogP contribution >= 0.6 is 0 Å². The van der Waals surface area contributed by atoms with E-state index in [0.29, 0.717) is 0 Å². The molecule has 1 heterocycles. The summed E-state index contributed by atoms with van der Waals surface area (Å²) in [6.07, 6.45) is 3.98. The summed E-state index contributed by atoms with van der Waals surface area (Å²) < 4.78 is 0. The fourth-order valence-electron chi connectivity index (χ4n) is 5.93. The van der Waals surface area contributed by atoms with Gasteiger partial charge in [-0.25, -0.2) is 4.98 Å². The minimum atomic E-state index is 0.777. The second-order valence-electron chi connectivity index (χ2n) is 11.2. The first-order valence-corrected chi connectivity index (χ1v) is 15.1. The maximum atomic E-state index is 6.81. The summed E-state index contributed by atoms with van der Waals surface area (Å²) in [6, 6.07) is 31.2. The fraction of sp³-hybridized carbons (Fsp3) is 0.256. The number of nitrogen functional groups attached to an aromatic ring is 1. The van der Waals surface area contributed by atoms with Gasteiger partial charge in [-0.15, -0.1) is 0 Å². The van der Waals surface area contributed by atoms with Gasteiger partial charge >= 0.3 is 0 Å². The van der Waals surface area contributed by atoms with Crippen LogP contribution < -0.4 is 5.73 Å². The zero-order valence-corrected chi connectivity index (χ0v) is 25.4. The Hall–Kier alpha value is -4.17. The molecule has 0 saturated carbocycles. The zero-order valence-electron chi connectivity index (χ0n) is 25.4. The molecule has 0 saturated heterocycles. The number of hydrogen-bond acceptors (Lipinski definition) is 2. The molecule has 0 aliphatic carbocycles. The quantitative estimate of drug-likeness (QED) is 0.200. The number of hydrogen-bond donors (Lipinski definition) is 1. The molecule has 5 aromatic rings. The van der Waals surface area contributed by atoms with E-state index in [4.69, 9.17) is 10.7 Å². The van der Waals surface area contributed by atoms with Crippen LogP contribution in [0.15, 0.2) is 84.9 Å². The molecule has 0 unspecified atom stereocenters. The van der Waals surface area contributed by atoms with Gasteiger partial charge in [-0.2, -0.15) is 0 Å². The van der Waals surface area contributed by atoms with E-state index >= 15 is 0 Å². The van der Waals surface area contributed by atoms with Crippen LogP contribution in [0.25, 0.3) is 44.8 Å². The van der Waals surface area contributed by atoms with Gasteiger partial charge in [0.15, 0.2) is 0 Å². The molecule has 2 N–H and O–H groups in total. The highest BCUT2D eigenvalue weighted by Crippen LogP contribution is 2.37. The van der Waals surface area contributed by atoms with Gasteiger partial charge in [0, 0.05) is 22.4 Å². The molecule has 0 bridgehead atoms. The molecule has 208 valence electrons. The predicted molar refractivity (Wildman–Crippen MR) is 177 cm³/mol. The highest BCUT2D eigenvalue weighted by Gasteiger charge is 2.16. The Morgan fingerprint density at radius 1 is 0.488 bits per heavy atom. The molecule has 0 amide bonds. The van der Waals surface area contributed by atoms with Crippen LogP contribution in [0.3, 0.4) is 0 Å². The van der Waals surface area contributed by atoms with Crippen LogP contribution in [-0.2, 0) is 25.7 Å². The van der Waals surface area contributed by atoms with Gasteiger partial charge in [0.05, 0.1) is 11.4 Å². The topological polar surface area (TPSA) is 38.9 Å². The minimum Gasteiger partial charge on any atom is -0.398 e. The molecule has 0 spiro atoms. The van der Waals surface area contributed by atoms with Crippen LogP contribution in [0.1, 0.15) is 61.1 Å². The number of nitrogens with zero attached hydrogens (tertiary/aromatic N) is 1. The lowest BCUT2D eigenvalue weighted by molar-refractivity contribution is 1.08. The first kappa shape index (κ1) is 28.4.